The lowest BCUT2D eigenvalue weighted by atomic mass is 10.2. The molecular weight excluding hydrogens is 480 g/mol. The zero-order chi connectivity index (χ0) is 24.7. The van der Waals surface area contributed by atoms with Gasteiger partial charge in [-0.3, -0.25) is 0 Å². The zero-order valence-corrected chi connectivity index (χ0v) is 22.1. The number of sulfonamides is 1. The van der Waals surface area contributed by atoms with E-state index in [9.17, 15) is 8.42 Å². The fraction of sp³-hybridized carbons (Fsp3) is 0.500. The fourth-order valence-electron chi connectivity index (χ4n) is 4.82. The number of para-hydroxylation sites is 2. The Labute approximate surface area is 214 Å². The minimum Gasteiger partial charge on any atom is -0.495 e. The number of anilines is 3. The first-order chi connectivity index (χ1) is 17.0. The molecule has 9 heteroatoms. The van der Waals surface area contributed by atoms with E-state index in [1.807, 2.05) is 30.3 Å². The summed E-state index contributed by atoms with van der Waals surface area (Å²) in [4.78, 5) is 2.64. The van der Waals surface area contributed by atoms with Crippen molar-refractivity contribution in [2.45, 2.75) is 56.3 Å². The normalized spacial score (nSPS) is 17.8. The van der Waals surface area contributed by atoms with E-state index < -0.39 is 10.0 Å². The first kappa shape index (κ1) is 25.7. The maximum atomic E-state index is 13.5. The van der Waals surface area contributed by atoms with E-state index in [2.05, 4.69) is 15.5 Å². The van der Waals surface area contributed by atoms with Crippen molar-refractivity contribution in [1.29, 1.82) is 0 Å². The Morgan fingerprint density at radius 2 is 1.43 bits per heavy atom. The minimum atomic E-state index is -3.58. The van der Waals surface area contributed by atoms with Gasteiger partial charge in [0.05, 0.1) is 29.1 Å². The molecule has 4 rings (SSSR count). The van der Waals surface area contributed by atoms with E-state index in [-0.39, 0.29) is 0 Å². The molecule has 2 aromatic carbocycles. The van der Waals surface area contributed by atoms with E-state index in [0.29, 0.717) is 34.5 Å². The SMILES string of the molecule is COc1ccccc1NC(=S)Nc1cc(S(=O)(=O)N2CCCCCC2)ccc1N1CCCCCC1. The number of hydrogen-bond acceptors (Lipinski definition) is 5. The highest BCUT2D eigenvalue weighted by Crippen LogP contribution is 2.33. The summed E-state index contributed by atoms with van der Waals surface area (Å²) in [6.07, 6.45) is 8.65. The molecule has 0 bridgehead atoms. The fourth-order valence-corrected chi connectivity index (χ4v) is 6.58. The van der Waals surface area contributed by atoms with Crippen LogP contribution in [0.3, 0.4) is 0 Å². The van der Waals surface area contributed by atoms with Crippen LogP contribution in [-0.4, -0.2) is 51.1 Å². The average molecular weight is 517 g/mol. The monoisotopic (exact) mass is 516 g/mol. The van der Waals surface area contributed by atoms with Crippen molar-refractivity contribution >= 4 is 44.4 Å². The van der Waals surface area contributed by atoms with Crippen LogP contribution in [-0.2, 0) is 10.0 Å². The zero-order valence-electron chi connectivity index (χ0n) is 20.5. The first-order valence-electron chi connectivity index (χ1n) is 12.6. The Kier molecular flexibility index (Phi) is 8.86. The number of nitrogens with one attached hydrogen (secondary N) is 2. The summed E-state index contributed by atoms with van der Waals surface area (Å²) in [5.41, 5.74) is 2.43. The molecule has 2 aliphatic heterocycles. The van der Waals surface area contributed by atoms with Crippen molar-refractivity contribution < 1.29 is 13.2 Å². The van der Waals surface area contributed by atoms with Crippen LogP contribution in [0.15, 0.2) is 47.4 Å². The Morgan fingerprint density at radius 3 is 2.09 bits per heavy atom. The van der Waals surface area contributed by atoms with Crippen molar-refractivity contribution in [2.24, 2.45) is 0 Å². The third kappa shape index (κ3) is 6.45. The van der Waals surface area contributed by atoms with E-state index in [4.69, 9.17) is 17.0 Å². The van der Waals surface area contributed by atoms with E-state index in [0.717, 1.165) is 63.0 Å². The van der Waals surface area contributed by atoms with Crippen LogP contribution in [0.5, 0.6) is 5.75 Å². The number of rotatable bonds is 6. The standard InChI is InChI=1S/C26H36N4O3S2/c1-33-25-13-7-6-12-22(25)27-26(34)28-23-20-21(35(31,32)30-18-10-4-5-11-19-30)14-15-24(23)29-16-8-2-3-9-17-29/h6-7,12-15,20H,2-5,8-11,16-19H2,1H3,(H2,27,28,34). The lowest BCUT2D eigenvalue weighted by Gasteiger charge is -2.27. The molecule has 2 aromatic rings. The van der Waals surface area contributed by atoms with Gasteiger partial charge in [0.25, 0.3) is 0 Å². The molecule has 0 amide bonds. The van der Waals surface area contributed by atoms with Gasteiger partial charge in [-0.25, -0.2) is 8.42 Å². The second kappa shape index (κ2) is 12.1. The largest absolute Gasteiger partial charge is 0.495 e. The maximum Gasteiger partial charge on any atom is 0.243 e. The van der Waals surface area contributed by atoms with Crippen molar-refractivity contribution in [3.63, 3.8) is 0 Å². The van der Waals surface area contributed by atoms with Crippen molar-refractivity contribution in [3.05, 3.63) is 42.5 Å². The number of hydrogen-bond donors (Lipinski definition) is 2. The van der Waals surface area contributed by atoms with E-state index in [1.165, 1.54) is 12.8 Å². The quantitative estimate of drug-likeness (QED) is 0.495. The molecule has 0 atom stereocenters. The lowest BCUT2D eigenvalue weighted by molar-refractivity contribution is 0.417. The van der Waals surface area contributed by atoms with Gasteiger partial charge in [0, 0.05) is 26.2 Å². The van der Waals surface area contributed by atoms with E-state index in [1.54, 1.807) is 23.5 Å². The molecule has 0 unspecified atom stereocenters. The molecule has 7 nitrogen and oxygen atoms in total. The van der Waals surface area contributed by atoms with Crippen LogP contribution in [0.25, 0.3) is 0 Å². The van der Waals surface area contributed by atoms with Crippen molar-refractivity contribution in [2.75, 3.05) is 48.8 Å². The second-order valence-corrected chi connectivity index (χ2v) is 11.5. The number of thiocarbonyl (C=S) groups is 1. The van der Waals surface area contributed by atoms with Gasteiger partial charge in [0.15, 0.2) is 5.11 Å². The summed E-state index contributed by atoms with van der Waals surface area (Å²) in [6, 6.07) is 13.0. The van der Waals surface area contributed by atoms with Crippen LogP contribution in [0.1, 0.15) is 51.4 Å². The molecule has 0 aliphatic carbocycles. The predicted octanol–water partition coefficient (Wildman–Crippen LogP) is 5.45. The highest BCUT2D eigenvalue weighted by atomic mass is 32.2. The Bertz CT molecular complexity index is 1110. The third-order valence-corrected chi connectivity index (χ3v) is 8.82. The average Bonchev–Trinajstić information content (AvgIpc) is 3.30. The molecule has 0 aromatic heterocycles. The highest BCUT2D eigenvalue weighted by Gasteiger charge is 2.27. The van der Waals surface area contributed by atoms with Crippen LogP contribution >= 0.6 is 12.2 Å². The molecule has 190 valence electrons. The minimum absolute atomic E-state index is 0.306. The third-order valence-electron chi connectivity index (χ3n) is 6.72. The molecule has 2 fully saturated rings. The molecule has 2 heterocycles. The summed E-state index contributed by atoms with van der Waals surface area (Å²) < 4.78 is 34.1. The number of ether oxygens (including phenoxy) is 1. The topological polar surface area (TPSA) is 73.9 Å². The van der Waals surface area contributed by atoms with Crippen LogP contribution in [0.4, 0.5) is 17.1 Å². The smallest absolute Gasteiger partial charge is 0.243 e. The van der Waals surface area contributed by atoms with Crippen LogP contribution < -0.4 is 20.3 Å². The summed E-state index contributed by atoms with van der Waals surface area (Å²) in [6.45, 7) is 3.04. The predicted molar refractivity (Wildman–Crippen MR) is 147 cm³/mol. The van der Waals surface area contributed by atoms with Crippen LogP contribution in [0, 0.1) is 0 Å². The number of methoxy groups -OCH3 is 1. The summed E-state index contributed by atoms with van der Waals surface area (Å²) >= 11 is 5.64. The molecular formula is C26H36N4O3S2. The molecule has 2 N–H and O–H groups in total. The number of benzene rings is 2. The molecule has 0 radical (unpaired) electrons. The molecule has 2 saturated heterocycles. The molecule has 0 spiro atoms. The van der Waals surface area contributed by atoms with Gasteiger partial charge in [-0.1, -0.05) is 37.8 Å². The van der Waals surface area contributed by atoms with Gasteiger partial charge >= 0.3 is 0 Å². The number of nitrogens with zero attached hydrogens (tertiary/aromatic N) is 2. The molecule has 0 saturated carbocycles. The van der Waals surface area contributed by atoms with Crippen LogP contribution in [0.2, 0.25) is 0 Å². The van der Waals surface area contributed by atoms with Crippen molar-refractivity contribution in [3.8, 4) is 5.75 Å². The molecule has 35 heavy (non-hydrogen) atoms. The summed E-state index contributed by atoms with van der Waals surface area (Å²) in [5, 5.41) is 6.88. The van der Waals surface area contributed by atoms with Gasteiger partial charge < -0.3 is 20.3 Å². The van der Waals surface area contributed by atoms with Gasteiger partial charge in [-0.2, -0.15) is 4.31 Å². The van der Waals surface area contributed by atoms with Gasteiger partial charge in [0.1, 0.15) is 5.75 Å². The lowest BCUT2D eigenvalue weighted by Crippen LogP contribution is -2.32. The Hall–Kier alpha value is -2.36. The first-order valence-corrected chi connectivity index (χ1v) is 14.4. The Morgan fingerprint density at radius 1 is 0.829 bits per heavy atom. The van der Waals surface area contributed by atoms with Gasteiger partial charge in [0.2, 0.25) is 10.0 Å². The van der Waals surface area contributed by atoms with Crippen molar-refractivity contribution in [1.82, 2.24) is 4.31 Å². The second-order valence-electron chi connectivity index (χ2n) is 9.18. The summed E-state index contributed by atoms with van der Waals surface area (Å²) in [7, 11) is -1.96. The maximum absolute atomic E-state index is 13.5. The van der Waals surface area contributed by atoms with Gasteiger partial charge in [-0.15, -0.1) is 0 Å². The molecule has 2 aliphatic rings. The Balaban J connectivity index is 1.64. The highest BCUT2D eigenvalue weighted by molar-refractivity contribution is 7.89. The summed E-state index contributed by atoms with van der Waals surface area (Å²) in [5.74, 6) is 0.682. The van der Waals surface area contributed by atoms with E-state index >= 15 is 0 Å². The van der Waals surface area contributed by atoms with Gasteiger partial charge in [-0.05, 0) is 68.2 Å².